The molecule has 26 heavy (non-hydrogen) atoms. The summed E-state index contributed by atoms with van der Waals surface area (Å²) < 4.78 is 4.96. The van der Waals surface area contributed by atoms with Crippen LogP contribution in [0.1, 0.15) is 17.3 Å². The van der Waals surface area contributed by atoms with Gasteiger partial charge in [0.25, 0.3) is 0 Å². The van der Waals surface area contributed by atoms with Crippen LogP contribution in [0.5, 0.6) is 0 Å². The Bertz CT molecular complexity index is 937. The highest BCUT2D eigenvalue weighted by atomic mass is 16.5. The van der Waals surface area contributed by atoms with Gasteiger partial charge in [0.2, 0.25) is 5.91 Å². The number of hydrogen-bond acceptors (Lipinski definition) is 6. The molecule has 2 aromatic carbocycles. The third-order valence-corrected chi connectivity index (χ3v) is 3.62. The molecule has 132 valence electrons. The van der Waals surface area contributed by atoms with E-state index >= 15 is 0 Å². The second-order valence-electron chi connectivity index (χ2n) is 5.44. The minimum Gasteiger partial charge on any atom is -0.462 e. The predicted octanol–water partition coefficient (Wildman–Crippen LogP) is 2.86. The molecule has 0 spiro atoms. The summed E-state index contributed by atoms with van der Waals surface area (Å²) in [5, 5.41) is 6.60. The van der Waals surface area contributed by atoms with E-state index in [1.54, 1.807) is 31.2 Å². The quantitative estimate of drug-likeness (QED) is 0.664. The maximum absolute atomic E-state index is 12.2. The number of amides is 1. The van der Waals surface area contributed by atoms with Crippen LogP contribution >= 0.6 is 0 Å². The average molecular weight is 350 g/mol. The molecule has 3 rings (SSSR count). The minimum atomic E-state index is -0.422. The molecule has 0 unspecified atom stereocenters. The second kappa shape index (κ2) is 8.06. The summed E-state index contributed by atoms with van der Waals surface area (Å²) >= 11 is 0. The number of carbonyl (C=O) groups is 2. The lowest BCUT2D eigenvalue weighted by molar-refractivity contribution is -0.114. The number of anilines is 2. The summed E-state index contributed by atoms with van der Waals surface area (Å²) in [6, 6.07) is 14.2. The molecule has 1 amide bonds. The van der Waals surface area contributed by atoms with Gasteiger partial charge in [-0.15, -0.1) is 0 Å². The van der Waals surface area contributed by atoms with Gasteiger partial charge in [-0.2, -0.15) is 0 Å². The van der Waals surface area contributed by atoms with E-state index in [0.717, 1.165) is 10.9 Å². The van der Waals surface area contributed by atoms with E-state index in [0.29, 0.717) is 23.7 Å². The van der Waals surface area contributed by atoms with E-state index in [-0.39, 0.29) is 12.5 Å². The number of carbonyl (C=O) groups excluding carboxylic acids is 2. The van der Waals surface area contributed by atoms with E-state index < -0.39 is 5.97 Å². The second-order valence-corrected chi connectivity index (χ2v) is 5.44. The third kappa shape index (κ3) is 4.13. The first-order valence-electron chi connectivity index (χ1n) is 8.18. The highest BCUT2D eigenvalue weighted by Gasteiger charge is 2.09. The van der Waals surface area contributed by atoms with Crippen molar-refractivity contribution in [2.75, 3.05) is 23.8 Å². The molecule has 2 N–H and O–H groups in total. The summed E-state index contributed by atoms with van der Waals surface area (Å²) in [6.07, 6.45) is 1.45. The number of para-hydroxylation sites is 1. The fourth-order valence-corrected chi connectivity index (χ4v) is 2.45. The van der Waals surface area contributed by atoms with Crippen molar-refractivity contribution < 1.29 is 14.3 Å². The normalized spacial score (nSPS) is 10.3. The van der Waals surface area contributed by atoms with Crippen LogP contribution in [0.2, 0.25) is 0 Å². The molecule has 0 bridgehead atoms. The van der Waals surface area contributed by atoms with E-state index in [1.807, 2.05) is 24.3 Å². The maximum Gasteiger partial charge on any atom is 0.338 e. The Morgan fingerprint density at radius 2 is 1.92 bits per heavy atom. The van der Waals surface area contributed by atoms with Crippen molar-refractivity contribution in [2.24, 2.45) is 0 Å². The van der Waals surface area contributed by atoms with Gasteiger partial charge in [-0.05, 0) is 37.3 Å². The van der Waals surface area contributed by atoms with Crippen LogP contribution in [0.4, 0.5) is 11.5 Å². The van der Waals surface area contributed by atoms with Crippen molar-refractivity contribution in [1.29, 1.82) is 0 Å². The first-order valence-corrected chi connectivity index (χ1v) is 8.18. The van der Waals surface area contributed by atoms with E-state index in [2.05, 4.69) is 20.6 Å². The van der Waals surface area contributed by atoms with Crippen molar-refractivity contribution in [2.45, 2.75) is 6.92 Å². The molecule has 7 heteroatoms. The van der Waals surface area contributed by atoms with Crippen LogP contribution in [0, 0.1) is 0 Å². The Hall–Kier alpha value is -3.48. The number of ether oxygens (including phenoxy) is 1. The Balaban J connectivity index is 1.64. The van der Waals surface area contributed by atoms with Gasteiger partial charge in [0.1, 0.15) is 12.1 Å². The summed E-state index contributed by atoms with van der Waals surface area (Å²) in [5.41, 5.74) is 1.71. The van der Waals surface area contributed by atoms with Crippen LogP contribution in [0.15, 0.2) is 54.9 Å². The van der Waals surface area contributed by atoms with Gasteiger partial charge in [-0.25, -0.2) is 14.8 Å². The molecule has 0 aliphatic rings. The van der Waals surface area contributed by atoms with Crippen molar-refractivity contribution >= 4 is 34.3 Å². The molecule has 1 heterocycles. The number of nitrogens with zero attached hydrogens (tertiary/aromatic N) is 2. The number of hydrogen-bond donors (Lipinski definition) is 2. The Morgan fingerprint density at radius 1 is 1.08 bits per heavy atom. The van der Waals surface area contributed by atoms with Gasteiger partial charge in [-0.1, -0.05) is 18.2 Å². The molecular weight excluding hydrogens is 332 g/mol. The number of aromatic nitrogens is 2. The molecule has 7 nitrogen and oxygen atoms in total. The van der Waals surface area contributed by atoms with Crippen molar-refractivity contribution in [1.82, 2.24) is 9.97 Å². The van der Waals surface area contributed by atoms with Gasteiger partial charge < -0.3 is 15.4 Å². The zero-order valence-corrected chi connectivity index (χ0v) is 14.2. The zero-order chi connectivity index (χ0) is 18.4. The van der Waals surface area contributed by atoms with E-state index in [9.17, 15) is 9.59 Å². The average Bonchev–Trinajstić information content (AvgIpc) is 2.67. The molecule has 3 aromatic rings. The lowest BCUT2D eigenvalue weighted by Gasteiger charge is -2.10. The Kier molecular flexibility index (Phi) is 5.38. The smallest absolute Gasteiger partial charge is 0.338 e. The number of esters is 1. The van der Waals surface area contributed by atoms with E-state index in [4.69, 9.17) is 4.74 Å². The number of fused-ring (bicyclic) bond motifs is 1. The lowest BCUT2D eigenvalue weighted by atomic mass is 10.2. The molecule has 0 saturated carbocycles. The van der Waals surface area contributed by atoms with Crippen LogP contribution in [-0.2, 0) is 9.53 Å². The molecule has 0 fully saturated rings. The highest BCUT2D eigenvalue weighted by molar-refractivity contribution is 5.97. The zero-order valence-electron chi connectivity index (χ0n) is 14.2. The standard InChI is InChI=1S/C19H18N4O3/c1-2-26-19(25)13-6-5-7-14(10-13)23-17(24)11-20-18-15-8-3-4-9-16(15)21-12-22-18/h3-10,12H,2,11H2,1H3,(H,23,24)(H,20,21,22). The first-order chi connectivity index (χ1) is 12.7. The summed E-state index contributed by atoms with van der Waals surface area (Å²) in [5.74, 6) is -0.0890. The van der Waals surface area contributed by atoms with Crippen molar-refractivity contribution in [3.63, 3.8) is 0 Å². The first kappa shape index (κ1) is 17.3. The lowest BCUT2D eigenvalue weighted by Crippen LogP contribution is -2.22. The SMILES string of the molecule is CCOC(=O)c1cccc(NC(=O)CNc2ncnc3ccccc23)c1. The molecule has 0 saturated heterocycles. The number of rotatable bonds is 6. The fraction of sp³-hybridized carbons (Fsp3) is 0.158. The van der Waals surface area contributed by atoms with Gasteiger partial charge >= 0.3 is 5.97 Å². The highest BCUT2D eigenvalue weighted by Crippen LogP contribution is 2.18. The van der Waals surface area contributed by atoms with Gasteiger partial charge in [-0.3, -0.25) is 4.79 Å². The Labute approximate surface area is 150 Å². The predicted molar refractivity (Wildman–Crippen MR) is 99.1 cm³/mol. The monoisotopic (exact) mass is 350 g/mol. The summed E-state index contributed by atoms with van der Waals surface area (Å²) in [4.78, 5) is 32.3. The van der Waals surface area contributed by atoms with Crippen LogP contribution in [0.25, 0.3) is 10.9 Å². The van der Waals surface area contributed by atoms with Crippen LogP contribution in [-0.4, -0.2) is 35.0 Å². The van der Waals surface area contributed by atoms with Crippen molar-refractivity contribution in [3.05, 3.63) is 60.4 Å². The molecule has 0 radical (unpaired) electrons. The largest absolute Gasteiger partial charge is 0.462 e. The van der Waals surface area contributed by atoms with E-state index in [1.165, 1.54) is 6.33 Å². The molecular formula is C19H18N4O3. The maximum atomic E-state index is 12.2. The van der Waals surface area contributed by atoms with Gasteiger partial charge in [0.15, 0.2) is 0 Å². The van der Waals surface area contributed by atoms with Crippen LogP contribution in [0.3, 0.4) is 0 Å². The Morgan fingerprint density at radius 3 is 2.77 bits per heavy atom. The van der Waals surface area contributed by atoms with Gasteiger partial charge in [0, 0.05) is 11.1 Å². The summed E-state index contributed by atoms with van der Waals surface area (Å²) in [6.45, 7) is 2.07. The number of nitrogens with one attached hydrogen (secondary N) is 2. The molecule has 0 aliphatic heterocycles. The van der Waals surface area contributed by atoms with Crippen LogP contribution < -0.4 is 10.6 Å². The fourth-order valence-electron chi connectivity index (χ4n) is 2.45. The van der Waals surface area contributed by atoms with Gasteiger partial charge in [0.05, 0.1) is 24.2 Å². The third-order valence-electron chi connectivity index (χ3n) is 3.62. The minimum absolute atomic E-state index is 0.0324. The molecule has 1 aromatic heterocycles. The topological polar surface area (TPSA) is 93.2 Å². The number of benzene rings is 2. The molecule has 0 atom stereocenters. The van der Waals surface area contributed by atoms with Crippen molar-refractivity contribution in [3.8, 4) is 0 Å². The molecule has 0 aliphatic carbocycles. The summed E-state index contributed by atoms with van der Waals surface area (Å²) in [7, 11) is 0.